The minimum atomic E-state index is -2.29. The molecule has 6 N–H and O–H groups in total. The van der Waals surface area contributed by atoms with Crippen molar-refractivity contribution in [3.05, 3.63) is 22.8 Å². The van der Waals surface area contributed by atoms with Crippen molar-refractivity contribution in [3.8, 4) is 5.75 Å². The van der Waals surface area contributed by atoms with Crippen molar-refractivity contribution in [1.29, 1.82) is 0 Å². The average Bonchev–Trinajstić information content (AvgIpc) is 2.81. The Hall–Kier alpha value is -2.56. The Morgan fingerprint density at radius 3 is 2.44 bits per heavy atom. The first kappa shape index (κ1) is 29.7. The molecule has 0 fully saturated rings. The topological polar surface area (TPSA) is 161 Å². The fraction of sp³-hybridized carbons (Fsp3) is 0.654. The van der Waals surface area contributed by atoms with Gasteiger partial charge in [-0.3, -0.25) is 18.8 Å². The van der Waals surface area contributed by atoms with E-state index in [1.807, 2.05) is 19.0 Å². The molecule has 2 rings (SSSR count). The van der Waals surface area contributed by atoms with E-state index in [4.69, 9.17) is 5.73 Å². The Morgan fingerprint density at radius 2 is 1.92 bits per heavy atom. The Balaban J connectivity index is 2.41. The third-order valence-electron chi connectivity index (χ3n) is 7.19. The molecule has 9 nitrogen and oxygen atoms in total. The molecule has 0 saturated carbocycles. The molecule has 0 heterocycles. The highest BCUT2D eigenvalue weighted by atomic mass is 19.1. The fourth-order valence-electron chi connectivity index (χ4n) is 5.09. The number of anilines is 1. The largest absolute Gasteiger partial charge is 0.507 e. The number of aliphatic hydroxyl groups is 3. The van der Waals surface area contributed by atoms with Crippen LogP contribution in [0.5, 0.6) is 5.75 Å². The van der Waals surface area contributed by atoms with E-state index in [1.165, 1.54) is 0 Å². The zero-order chi connectivity index (χ0) is 27.2. The molecule has 1 aromatic carbocycles. The van der Waals surface area contributed by atoms with Crippen LogP contribution >= 0.6 is 0 Å². The molecular formula is C26H39FN2O7. The first-order valence-electron chi connectivity index (χ1n) is 12.3. The summed E-state index contributed by atoms with van der Waals surface area (Å²) in [6.07, 6.45) is 0.670. The number of amides is 1. The van der Waals surface area contributed by atoms with Crippen LogP contribution < -0.4 is 10.6 Å². The molecule has 1 aromatic rings. The van der Waals surface area contributed by atoms with Gasteiger partial charge < -0.3 is 31.1 Å². The molecule has 4 atom stereocenters. The normalized spacial score (nSPS) is 18.8. The van der Waals surface area contributed by atoms with Crippen LogP contribution in [0.3, 0.4) is 0 Å². The number of ketones is 2. The van der Waals surface area contributed by atoms with Crippen LogP contribution in [0.1, 0.15) is 60.5 Å². The highest BCUT2D eigenvalue weighted by Crippen LogP contribution is 2.43. The number of hydrogen-bond acceptors (Lipinski definition) is 8. The molecule has 1 unspecified atom stereocenters. The Bertz CT molecular complexity index is 968. The predicted molar refractivity (Wildman–Crippen MR) is 133 cm³/mol. The molecule has 0 aliphatic heterocycles. The minimum Gasteiger partial charge on any atom is -0.507 e. The number of hydrogen-bond donors (Lipinski definition) is 5. The zero-order valence-electron chi connectivity index (χ0n) is 21.3. The maximum absolute atomic E-state index is 13.2. The van der Waals surface area contributed by atoms with Gasteiger partial charge in [-0.1, -0.05) is 6.92 Å². The number of Topliss-reactive ketones (excluding diaryl/α,β-unsaturated/α-hetero) is 2. The third-order valence-corrected chi connectivity index (χ3v) is 7.19. The molecule has 1 amide bonds. The van der Waals surface area contributed by atoms with Gasteiger partial charge in [-0.05, 0) is 67.1 Å². The van der Waals surface area contributed by atoms with E-state index in [1.54, 1.807) is 13.0 Å². The summed E-state index contributed by atoms with van der Waals surface area (Å²) in [4.78, 5) is 38.9. The second kappa shape index (κ2) is 12.6. The van der Waals surface area contributed by atoms with Crippen LogP contribution in [0.2, 0.25) is 0 Å². The number of aromatic hydroxyl groups is 1. The fourth-order valence-corrected chi connectivity index (χ4v) is 5.09. The number of nitrogens with two attached hydrogens (primary N) is 1. The van der Waals surface area contributed by atoms with Gasteiger partial charge in [0, 0.05) is 32.8 Å². The molecule has 36 heavy (non-hydrogen) atoms. The zero-order valence-corrected chi connectivity index (χ0v) is 21.3. The Kier molecular flexibility index (Phi) is 10.4. The molecule has 1 aliphatic rings. The number of alkyl halides is 1. The lowest BCUT2D eigenvalue weighted by Gasteiger charge is -2.37. The summed E-state index contributed by atoms with van der Waals surface area (Å²) in [5, 5.41) is 41.4. The summed E-state index contributed by atoms with van der Waals surface area (Å²) in [5.41, 5.74) is 5.01. The minimum absolute atomic E-state index is 0.0312. The van der Waals surface area contributed by atoms with Crippen molar-refractivity contribution < 1.29 is 39.2 Å². The van der Waals surface area contributed by atoms with Crippen molar-refractivity contribution in [2.75, 3.05) is 38.9 Å². The molecule has 0 bridgehead atoms. The van der Waals surface area contributed by atoms with Crippen molar-refractivity contribution in [2.24, 2.45) is 23.5 Å². The predicted octanol–water partition coefficient (Wildman–Crippen LogP) is 1.30. The maximum atomic E-state index is 13.2. The van der Waals surface area contributed by atoms with Crippen molar-refractivity contribution in [1.82, 2.24) is 0 Å². The summed E-state index contributed by atoms with van der Waals surface area (Å²) in [6, 6.07) is 1.81. The second-order valence-corrected chi connectivity index (χ2v) is 10.2. The first-order valence-corrected chi connectivity index (χ1v) is 12.3. The van der Waals surface area contributed by atoms with E-state index >= 15 is 0 Å². The Morgan fingerprint density at radius 1 is 1.25 bits per heavy atom. The molecule has 0 radical (unpaired) electrons. The average molecular weight is 511 g/mol. The third kappa shape index (κ3) is 6.60. The number of carbonyl (C=O) groups excluding carboxylic acids is 3. The van der Waals surface area contributed by atoms with E-state index < -0.39 is 42.9 Å². The van der Waals surface area contributed by atoms with Gasteiger partial charge in [0.05, 0.1) is 25.3 Å². The van der Waals surface area contributed by atoms with Crippen molar-refractivity contribution in [3.63, 3.8) is 0 Å². The van der Waals surface area contributed by atoms with Crippen LogP contribution in [0, 0.1) is 17.8 Å². The number of rotatable bonds is 14. The van der Waals surface area contributed by atoms with Gasteiger partial charge >= 0.3 is 0 Å². The lowest BCUT2D eigenvalue weighted by Crippen LogP contribution is -2.51. The molecular weight excluding hydrogens is 471 g/mol. The number of aryl methyl sites for hydroxylation is 1. The smallest absolute Gasteiger partial charge is 0.224 e. The lowest BCUT2D eigenvalue weighted by molar-refractivity contribution is -0.153. The van der Waals surface area contributed by atoms with Crippen LogP contribution in [-0.2, 0) is 22.4 Å². The number of nitrogens with zero attached hydrogens (tertiary/aromatic N) is 1. The van der Waals surface area contributed by atoms with Gasteiger partial charge in [0.2, 0.25) is 5.91 Å². The number of phenolic OH excluding ortho intramolecular Hbond substituents is 1. The van der Waals surface area contributed by atoms with Gasteiger partial charge in [0.15, 0.2) is 11.6 Å². The van der Waals surface area contributed by atoms with Crippen LogP contribution in [0.4, 0.5) is 10.1 Å². The standard InChI is InChI=1S/C26H39FN2O7/c1-15(13-27)4-5-17-11-20(29(2)3)19-9-16(10-21(32)24(19)25(17)35)8-18(6-7-30)26(36,14-31)22(33)12-23(28)34/h11,15-16,18,30-31,35-36H,4-10,12-14H2,1-3H3,(H2,28,34)/t15?,16-,18-,26-/m1/s1. The summed E-state index contributed by atoms with van der Waals surface area (Å²) >= 11 is 0. The van der Waals surface area contributed by atoms with Gasteiger partial charge in [0.1, 0.15) is 11.4 Å². The van der Waals surface area contributed by atoms with Crippen LogP contribution in [-0.4, -0.2) is 77.5 Å². The summed E-state index contributed by atoms with van der Waals surface area (Å²) in [5.74, 6) is -3.71. The highest BCUT2D eigenvalue weighted by Gasteiger charge is 2.45. The molecule has 1 aliphatic carbocycles. The van der Waals surface area contributed by atoms with Crippen LogP contribution in [0.25, 0.3) is 0 Å². The van der Waals surface area contributed by atoms with E-state index in [9.17, 15) is 39.2 Å². The van der Waals surface area contributed by atoms with E-state index in [0.29, 0.717) is 30.4 Å². The summed E-state index contributed by atoms with van der Waals surface area (Å²) in [7, 11) is 3.63. The van der Waals surface area contributed by atoms with E-state index in [0.717, 1.165) is 5.69 Å². The van der Waals surface area contributed by atoms with E-state index in [2.05, 4.69) is 0 Å². The van der Waals surface area contributed by atoms with E-state index in [-0.39, 0.29) is 54.8 Å². The summed E-state index contributed by atoms with van der Waals surface area (Å²) in [6.45, 7) is -0.0173. The van der Waals surface area contributed by atoms with Crippen molar-refractivity contribution >= 4 is 23.2 Å². The first-order chi connectivity index (χ1) is 16.9. The molecule has 0 spiro atoms. The van der Waals surface area contributed by atoms with Gasteiger partial charge in [-0.15, -0.1) is 0 Å². The van der Waals surface area contributed by atoms with Gasteiger partial charge in [-0.25, -0.2) is 0 Å². The molecule has 10 heteroatoms. The monoisotopic (exact) mass is 510 g/mol. The number of aliphatic hydroxyl groups excluding tert-OH is 2. The SMILES string of the molecule is CC(CF)CCc1cc(N(C)C)c2c(c1O)C(=O)C[C@H](C[C@@H](CCO)[C@](O)(CO)C(=O)CC(N)=O)C2. The number of benzene rings is 1. The molecule has 202 valence electrons. The number of phenols is 1. The Labute approximate surface area is 211 Å². The lowest BCUT2D eigenvalue weighted by atomic mass is 9.71. The van der Waals surface area contributed by atoms with Crippen molar-refractivity contribution in [2.45, 2.75) is 57.5 Å². The number of carbonyl (C=O) groups is 3. The number of primary amides is 1. The number of halogens is 1. The maximum Gasteiger partial charge on any atom is 0.224 e. The molecule has 0 aromatic heterocycles. The summed E-state index contributed by atoms with van der Waals surface area (Å²) < 4.78 is 12.9. The second-order valence-electron chi connectivity index (χ2n) is 10.2. The van der Waals surface area contributed by atoms with Crippen LogP contribution in [0.15, 0.2) is 6.07 Å². The van der Waals surface area contributed by atoms with Gasteiger partial charge in [0.25, 0.3) is 0 Å². The number of fused-ring (bicyclic) bond motifs is 1. The molecule has 0 saturated heterocycles. The van der Waals surface area contributed by atoms with Gasteiger partial charge in [-0.2, -0.15) is 0 Å². The highest BCUT2D eigenvalue weighted by molar-refractivity contribution is 6.03. The quantitative estimate of drug-likeness (QED) is 0.234.